The number of para-hydroxylation sites is 3. The summed E-state index contributed by atoms with van der Waals surface area (Å²) in [4.78, 5) is 7.73. The minimum absolute atomic E-state index is 0.897. The first kappa shape index (κ1) is 22.1. The van der Waals surface area contributed by atoms with E-state index in [2.05, 4.69) is 149 Å². The van der Waals surface area contributed by atoms with Gasteiger partial charge in [0.1, 0.15) is 0 Å². The van der Waals surface area contributed by atoms with Gasteiger partial charge in [-0.05, 0) is 74.8 Å². The molecule has 194 valence electrons. The molecule has 0 atom stereocenters. The quantitative estimate of drug-likeness (QED) is 0.209. The van der Waals surface area contributed by atoms with E-state index in [4.69, 9.17) is 4.98 Å². The molecule has 0 radical (unpaired) electrons. The molecule has 42 heavy (non-hydrogen) atoms. The van der Waals surface area contributed by atoms with Crippen LogP contribution in [0.3, 0.4) is 0 Å². The van der Waals surface area contributed by atoms with E-state index < -0.39 is 0 Å². The molecule has 0 amide bonds. The van der Waals surface area contributed by atoms with Crippen LogP contribution in [0.4, 0.5) is 17.3 Å². The van der Waals surface area contributed by atoms with Crippen LogP contribution in [-0.2, 0) is 0 Å². The highest BCUT2D eigenvalue weighted by Gasteiger charge is 2.31. The second kappa shape index (κ2) is 7.96. The molecular formula is C39H23N3. The topological polar surface area (TPSA) is 21.1 Å². The Hall–Kier alpha value is -5.67. The fourth-order valence-electron chi connectivity index (χ4n) is 7.26. The van der Waals surface area contributed by atoms with Gasteiger partial charge in [0.15, 0.2) is 0 Å². The number of imidazole rings is 1. The standard InChI is InChI=1S/C39H23N3/c1-2-11-25-23-37-32(22-24(25)10-1)28-14-5-7-18-34(28)41(39-40-33-17-6-8-19-36(33)42(37)39)35-21-20-30-27-13-4-3-12-26(27)29-15-9-16-31(35)38(29)30/h1-23H. The third kappa shape index (κ3) is 2.77. The van der Waals surface area contributed by atoms with Crippen molar-refractivity contribution in [3.63, 3.8) is 0 Å². The van der Waals surface area contributed by atoms with E-state index >= 15 is 0 Å². The van der Waals surface area contributed by atoms with Gasteiger partial charge in [-0.3, -0.25) is 9.47 Å². The molecule has 1 aromatic heterocycles. The van der Waals surface area contributed by atoms with Gasteiger partial charge >= 0.3 is 0 Å². The smallest absolute Gasteiger partial charge is 0.220 e. The van der Waals surface area contributed by atoms with Gasteiger partial charge in [-0.15, -0.1) is 0 Å². The Kier molecular flexibility index (Phi) is 4.18. The monoisotopic (exact) mass is 533 g/mol. The van der Waals surface area contributed by atoms with Crippen molar-refractivity contribution < 1.29 is 0 Å². The lowest BCUT2D eigenvalue weighted by atomic mass is 9.96. The molecule has 10 rings (SSSR count). The molecule has 0 saturated carbocycles. The van der Waals surface area contributed by atoms with Gasteiger partial charge in [-0.25, -0.2) is 4.98 Å². The minimum atomic E-state index is 0.897. The van der Waals surface area contributed by atoms with Crippen LogP contribution in [0.1, 0.15) is 0 Å². The Labute approximate surface area is 242 Å². The lowest BCUT2D eigenvalue weighted by Crippen LogP contribution is -2.14. The van der Waals surface area contributed by atoms with E-state index in [1.165, 1.54) is 54.9 Å². The zero-order chi connectivity index (χ0) is 27.4. The maximum absolute atomic E-state index is 5.34. The fraction of sp³-hybridized carbons (Fsp3) is 0. The third-order valence-electron chi connectivity index (χ3n) is 9.05. The molecule has 3 heteroatoms. The first-order valence-corrected chi connectivity index (χ1v) is 14.4. The molecule has 0 fully saturated rings. The average Bonchev–Trinajstić information content (AvgIpc) is 3.55. The maximum atomic E-state index is 5.34. The number of nitrogens with zero attached hydrogens (tertiary/aromatic N) is 3. The van der Waals surface area contributed by atoms with E-state index in [1.54, 1.807) is 0 Å². The summed E-state index contributed by atoms with van der Waals surface area (Å²) in [6.07, 6.45) is 0. The molecule has 0 saturated heterocycles. The molecule has 8 aromatic rings. The molecule has 2 heterocycles. The number of fused-ring (bicyclic) bond motifs is 11. The summed E-state index contributed by atoms with van der Waals surface area (Å²) in [6.45, 7) is 0. The lowest BCUT2D eigenvalue weighted by Gasteiger charge is -2.26. The van der Waals surface area contributed by atoms with Crippen molar-refractivity contribution in [1.82, 2.24) is 9.55 Å². The molecular weight excluding hydrogens is 510 g/mol. The van der Waals surface area contributed by atoms with E-state index in [0.717, 1.165) is 34.0 Å². The van der Waals surface area contributed by atoms with Crippen LogP contribution in [0.25, 0.3) is 71.6 Å². The predicted molar refractivity (Wildman–Crippen MR) is 174 cm³/mol. The van der Waals surface area contributed by atoms with Crippen molar-refractivity contribution in [1.29, 1.82) is 0 Å². The Morgan fingerprint density at radius 1 is 0.429 bits per heavy atom. The average molecular weight is 534 g/mol. The summed E-state index contributed by atoms with van der Waals surface area (Å²) in [7, 11) is 0. The van der Waals surface area contributed by atoms with Gasteiger partial charge in [0, 0.05) is 16.5 Å². The molecule has 0 N–H and O–H groups in total. The highest BCUT2D eigenvalue weighted by molar-refractivity contribution is 6.19. The number of rotatable bonds is 1. The number of benzene rings is 7. The molecule has 0 spiro atoms. The summed E-state index contributed by atoms with van der Waals surface area (Å²) in [6, 6.07) is 50.6. The van der Waals surface area contributed by atoms with Crippen molar-refractivity contribution >= 4 is 49.9 Å². The van der Waals surface area contributed by atoms with Gasteiger partial charge in [0.2, 0.25) is 5.95 Å². The van der Waals surface area contributed by atoms with Gasteiger partial charge in [-0.1, -0.05) is 103 Å². The molecule has 0 unspecified atom stereocenters. The molecule has 0 bridgehead atoms. The molecule has 1 aliphatic carbocycles. The van der Waals surface area contributed by atoms with Crippen LogP contribution in [0.5, 0.6) is 0 Å². The van der Waals surface area contributed by atoms with Gasteiger partial charge in [-0.2, -0.15) is 0 Å². The minimum Gasteiger partial charge on any atom is -0.279 e. The second-order valence-corrected chi connectivity index (χ2v) is 11.2. The first-order chi connectivity index (χ1) is 20.8. The van der Waals surface area contributed by atoms with E-state index in [-0.39, 0.29) is 0 Å². The molecule has 7 aromatic carbocycles. The second-order valence-electron chi connectivity index (χ2n) is 11.2. The summed E-state index contributed by atoms with van der Waals surface area (Å²) in [5.74, 6) is 0.897. The van der Waals surface area contributed by atoms with Gasteiger partial charge in [0.05, 0.1) is 28.1 Å². The van der Waals surface area contributed by atoms with Crippen LogP contribution < -0.4 is 4.90 Å². The Balaban J connectivity index is 1.36. The van der Waals surface area contributed by atoms with Crippen LogP contribution in [-0.4, -0.2) is 9.55 Å². The highest BCUT2D eigenvalue weighted by atomic mass is 15.3. The predicted octanol–water partition coefficient (Wildman–Crippen LogP) is 10.4. The first-order valence-electron chi connectivity index (χ1n) is 14.4. The van der Waals surface area contributed by atoms with Crippen LogP contribution in [0, 0.1) is 0 Å². The summed E-state index contributed by atoms with van der Waals surface area (Å²) in [5.41, 5.74) is 13.1. The van der Waals surface area contributed by atoms with Crippen molar-refractivity contribution in [3.8, 4) is 39.1 Å². The Morgan fingerprint density at radius 2 is 1.10 bits per heavy atom. The van der Waals surface area contributed by atoms with Crippen molar-refractivity contribution in [3.05, 3.63) is 140 Å². The molecule has 2 aliphatic rings. The van der Waals surface area contributed by atoms with Gasteiger partial charge < -0.3 is 0 Å². The van der Waals surface area contributed by atoms with Crippen LogP contribution in [0.2, 0.25) is 0 Å². The number of hydrogen-bond acceptors (Lipinski definition) is 2. The molecule has 1 aliphatic heterocycles. The van der Waals surface area contributed by atoms with Crippen molar-refractivity contribution in [2.75, 3.05) is 4.90 Å². The van der Waals surface area contributed by atoms with E-state index in [0.29, 0.717) is 0 Å². The Bertz CT molecular complexity index is 2400. The SMILES string of the molecule is c1ccc2c(c1)-c1cccc3c(N4c5ccccc5-c5cc6ccccc6cc5-n5c4nc4ccccc45)ccc-2c13. The number of anilines is 3. The highest BCUT2D eigenvalue weighted by Crippen LogP contribution is 2.53. The summed E-state index contributed by atoms with van der Waals surface area (Å²) < 4.78 is 2.36. The third-order valence-corrected chi connectivity index (χ3v) is 9.05. The molecule has 3 nitrogen and oxygen atoms in total. The summed E-state index contributed by atoms with van der Waals surface area (Å²) in [5, 5.41) is 4.98. The van der Waals surface area contributed by atoms with Crippen LogP contribution in [0.15, 0.2) is 140 Å². The number of aromatic nitrogens is 2. The Morgan fingerprint density at radius 3 is 1.95 bits per heavy atom. The summed E-state index contributed by atoms with van der Waals surface area (Å²) >= 11 is 0. The van der Waals surface area contributed by atoms with Gasteiger partial charge in [0.25, 0.3) is 0 Å². The van der Waals surface area contributed by atoms with Crippen molar-refractivity contribution in [2.24, 2.45) is 0 Å². The zero-order valence-corrected chi connectivity index (χ0v) is 22.6. The van der Waals surface area contributed by atoms with E-state index in [9.17, 15) is 0 Å². The lowest BCUT2D eigenvalue weighted by molar-refractivity contribution is 1.05. The fourth-order valence-corrected chi connectivity index (χ4v) is 7.26. The zero-order valence-electron chi connectivity index (χ0n) is 22.6. The van der Waals surface area contributed by atoms with Crippen LogP contribution >= 0.6 is 0 Å². The maximum Gasteiger partial charge on any atom is 0.220 e. The van der Waals surface area contributed by atoms with Crippen molar-refractivity contribution in [2.45, 2.75) is 0 Å². The van der Waals surface area contributed by atoms with E-state index in [1.807, 2.05) is 0 Å². The number of hydrogen-bond donors (Lipinski definition) is 0. The normalized spacial score (nSPS) is 12.7. The largest absolute Gasteiger partial charge is 0.279 e.